The molecule has 174 valence electrons. The molecule has 1 fully saturated rings. The number of carbonyl (C=O) groups excluding carboxylic acids is 3. The highest BCUT2D eigenvalue weighted by atomic mass is 19.1. The molecule has 0 saturated carbocycles. The van der Waals surface area contributed by atoms with Crippen LogP contribution >= 0.6 is 0 Å². The first-order valence-electron chi connectivity index (χ1n) is 10.8. The zero-order chi connectivity index (χ0) is 24.1. The molecule has 0 aromatic heterocycles. The summed E-state index contributed by atoms with van der Waals surface area (Å²) in [5, 5.41) is 5.64. The Kier molecular flexibility index (Phi) is 6.87. The van der Waals surface area contributed by atoms with E-state index in [1.54, 1.807) is 31.4 Å². The van der Waals surface area contributed by atoms with E-state index in [-0.39, 0.29) is 37.2 Å². The summed E-state index contributed by atoms with van der Waals surface area (Å²) in [6.45, 7) is 0.438. The number of rotatable bonds is 7. The lowest BCUT2D eigenvalue weighted by atomic mass is 10.1. The number of hydrogen-bond donors (Lipinski definition) is 2. The van der Waals surface area contributed by atoms with Crippen molar-refractivity contribution in [3.8, 4) is 5.75 Å². The maximum absolute atomic E-state index is 13.2. The highest BCUT2D eigenvalue weighted by Gasteiger charge is 2.35. The molecule has 34 heavy (non-hydrogen) atoms. The summed E-state index contributed by atoms with van der Waals surface area (Å²) in [6, 6.07) is 19.6. The maximum atomic E-state index is 13.2. The zero-order valence-corrected chi connectivity index (χ0v) is 18.6. The van der Waals surface area contributed by atoms with Crippen molar-refractivity contribution >= 4 is 29.1 Å². The largest absolute Gasteiger partial charge is 0.496 e. The maximum Gasteiger partial charge on any atom is 0.253 e. The highest BCUT2D eigenvalue weighted by Crippen LogP contribution is 2.27. The van der Waals surface area contributed by atoms with Crippen molar-refractivity contribution in [2.75, 3.05) is 23.9 Å². The van der Waals surface area contributed by atoms with Gasteiger partial charge in [-0.1, -0.05) is 30.3 Å². The fourth-order valence-electron chi connectivity index (χ4n) is 3.90. The van der Waals surface area contributed by atoms with Crippen LogP contribution in [-0.2, 0) is 16.1 Å². The fourth-order valence-corrected chi connectivity index (χ4v) is 3.90. The van der Waals surface area contributed by atoms with Crippen LogP contribution in [0.5, 0.6) is 5.75 Å². The number of anilines is 2. The van der Waals surface area contributed by atoms with Gasteiger partial charge in [0.2, 0.25) is 11.8 Å². The summed E-state index contributed by atoms with van der Waals surface area (Å²) < 4.78 is 18.5. The molecule has 4 rings (SSSR count). The van der Waals surface area contributed by atoms with Crippen LogP contribution in [0, 0.1) is 11.7 Å². The van der Waals surface area contributed by atoms with Crippen molar-refractivity contribution in [3.05, 3.63) is 89.7 Å². The lowest BCUT2D eigenvalue weighted by Gasteiger charge is -2.17. The Balaban J connectivity index is 1.42. The van der Waals surface area contributed by atoms with Gasteiger partial charge in [-0.2, -0.15) is 0 Å². The molecule has 0 bridgehead atoms. The van der Waals surface area contributed by atoms with E-state index in [0.29, 0.717) is 22.7 Å². The molecule has 8 heteroatoms. The SMILES string of the molecule is COc1ccccc1CNC(=O)c1ccccc1NC(=O)[C@@H]1CC(=O)N(c2ccc(F)cc2)C1. The van der Waals surface area contributed by atoms with E-state index >= 15 is 0 Å². The number of ether oxygens (including phenoxy) is 1. The zero-order valence-electron chi connectivity index (χ0n) is 18.6. The van der Waals surface area contributed by atoms with Crippen molar-refractivity contribution in [2.24, 2.45) is 5.92 Å². The van der Waals surface area contributed by atoms with E-state index in [1.165, 1.54) is 29.2 Å². The normalized spacial score (nSPS) is 15.2. The molecule has 1 heterocycles. The van der Waals surface area contributed by atoms with Gasteiger partial charge < -0.3 is 20.3 Å². The minimum absolute atomic E-state index is 0.0331. The Morgan fingerprint density at radius 2 is 1.74 bits per heavy atom. The van der Waals surface area contributed by atoms with Crippen LogP contribution in [0.1, 0.15) is 22.3 Å². The molecule has 7 nitrogen and oxygen atoms in total. The molecule has 3 aromatic carbocycles. The number of nitrogens with zero attached hydrogens (tertiary/aromatic N) is 1. The molecule has 1 atom stereocenters. The summed E-state index contributed by atoms with van der Waals surface area (Å²) in [5.74, 6) is -1.25. The molecule has 1 aliphatic rings. The van der Waals surface area contributed by atoms with Crippen molar-refractivity contribution in [1.29, 1.82) is 0 Å². The lowest BCUT2D eigenvalue weighted by Crippen LogP contribution is -2.29. The number of benzene rings is 3. The van der Waals surface area contributed by atoms with Crippen LogP contribution in [-0.4, -0.2) is 31.4 Å². The monoisotopic (exact) mass is 461 g/mol. The number of carbonyl (C=O) groups is 3. The molecule has 0 spiro atoms. The second kappa shape index (κ2) is 10.2. The average Bonchev–Trinajstić information content (AvgIpc) is 3.25. The predicted octanol–water partition coefficient (Wildman–Crippen LogP) is 3.76. The van der Waals surface area contributed by atoms with Crippen LogP contribution in [0.2, 0.25) is 0 Å². The number of methoxy groups -OCH3 is 1. The Hall–Kier alpha value is -4.20. The molecule has 1 aliphatic heterocycles. The van der Waals surface area contributed by atoms with Gasteiger partial charge in [-0.25, -0.2) is 4.39 Å². The average molecular weight is 461 g/mol. The van der Waals surface area contributed by atoms with E-state index < -0.39 is 11.7 Å². The summed E-state index contributed by atoms with van der Waals surface area (Å²) in [4.78, 5) is 39.7. The second-order valence-corrected chi connectivity index (χ2v) is 7.91. The van der Waals surface area contributed by atoms with Gasteiger partial charge in [0.15, 0.2) is 0 Å². The Morgan fingerprint density at radius 3 is 2.50 bits per heavy atom. The van der Waals surface area contributed by atoms with Gasteiger partial charge in [-0.05, 0) is 42.5 Å². The van der Waals surface area contributed by atoms with Gasteiger partial charge >= 0.3 is 0 Å². The summed E-state index contributed by atoms with van der Waals surface area (Å²) in [5.41, 5.74) is 2.03. The molecular weight excluding hydrogens is 437 g/mol. The van der Waals surface area contributed by atoms with E-state index in [0.717, 1.165) is 5.56 Å². The van der Waals surface area contributed by atoms with Crippen LogP contribution in [0.3, 0.4) is 0 Å². The lowest BCUT2D eigenvalue weighted by molar-refractivity contribution is -0.122. The highest BCUT2D eigenvalue weighted by molar-refractivity contribution is 6.07. The van der Waals surface area contributed by atoms with Gasteiger partial charge in [0.1, 0.15) is 11.6 Å². The number of halogens is 1. The van der Waals surface area contributed by atoms with Crippen LogP contribution in [0.25, 0.3) is 0 Å². The van der Waals surface area contributed by atoms with E-state index in [9.17, 15) is 18.8 Å². The third-order valence-electron chi connectivity index (χ3n) is 5.70. The fraction of sp³-hybridized carbons (Fsp3) is 0.192. The molecule has 0 unspecified atom stereocenters. The number of nitrogens with one attached hydrogen (secondary N) is 2. The first-order valence-corrected chi connectivity index (χ1v) is 10.8. The number of hydrogen-bond acceptors (Lipinski definition) is 4. The Bertz CT molecular complexity index is 1210. The minimum Gasteiger partial charge on any atom is -0.496 e. The molecule has 0 aliphatic carbocycles. The van der Waals surface area contributed by atoms with Crippen molar-refractivity contribution < 1.29 is 23.5 Å². The van der Waals surface area contributed by atoms with Crippen LogP contribution in [0.4, 0.5) is 15.8 Å². The van der Waals surface area contributed by atoms with Gasteiger partial charge in [0.25, 0.3) is 5.91 Å². The molecule has 1 saturated heterocycles. The summed E-state index contributed by atoms with van der Waals surface area (Å²) in [6.07, 6.45) is 0.0331. The van der Waals surface area contributed by atoms with Crippen molar-refractivity contribution in [2.45, 2.75) is 13.0 Å². The van der Waals surface area contributed by atoms with Crippen LogP contribution < -0.4 is 20.3 Å². The smallest absolute Gasteiger partial charge is 0.253 e. The second-order valence-electron chi connectivity index (χ2n) is 7.91. The molecule has 2 N–H and O–H groups in total. The van der Waals surface area contributed by atoms with E-state index in [1.807, 2.05) is 24.3 Å². The molecule has 0 radical (unpaired) electrons. The number of para-hydroxylation sites is 2. The van der Waals surface area contributed by atoms with E-state index in [2.05, 4.69) is 10.6 Å². The van der Waals surface area contributed by atoms with E-state index in [4.69, 9.17) is 4.74 Å². The standard InChI is InChI=1S/C26H24FN3O4/c1-34-23-9-5-2-6-17(23)15-28-26(33)21-7-3-4-8-22(21)29-25(32)18-14-24(31)30(16-18)20-12-10-19(27)11-13-20/h2-13,18H,14-16H2,1H3,(H,28,33)(H,29,32)/t18-/m1/s1. The first-order chi connectivity index (χ1) is 16.5. The molecule has 3 amide bonds. The quantitative estimate of drug-likeness (QED) is 0.561. The minimum atomic E-state index is -0.595. The number of amides is 3. The topological polar surface area (TPSA) is 87.7 Å². The van der Waals surface area contributed by atoms with Crippen molar-refractivity contribution in [3.63, 3.8) is 0 Å². The molecule has 3 aromatic rings. The third kappa shape index (κ3) is 5.06. The Labute approximate surface area is 196 Å². The summed E-state index contributed by atoms with van der Waals surface area (Å²) >= 11 is 0. The van der Waals surface area contributed by atoms with Gasteiger partial charge in [0, 0.05) is 30.8 Å². The Morgan fingerprint density at radius 1 is 1.03 bits per heavy atom. The summed E-state index contributed by atoms with van der Waals surface area (Å²) in [7, 11) is 1.57. The third-order valence-corrected chi connectivity index (χ3v) is 5.70. The van der Waals surface area contributed by atoms with Gasteiger partial charge in [-0.15, -0.1) is 0 Å². The predicted molar refractivity (Wildman–Crippen MR) is 126 cm³/mol. The van der Waals surface area contributed by atoms with Crippen molar-refractivity contribution in [1.82, 2.24) is 5.32 Å². The first kappa shape index (κ1) is 23.0. The van der Waals surface area contributed by atoms with Gasteiger partial charge in [-0.3, -0.25) is 14.4 Å². The van der Waals surface area contributed by atoms with Crippen LogP contribution in [0.15, 0.2) is 72.8 Å². The molecular formula is C26H24FN3O4. The van der Waals surface area contributed by atoms with Gasteiger partial charge in [0.05, 0.1) is 24.3 Å².